The van der Waals surface area contributed by atoms with Crippen LogP contribution in [0, 0.1) is 0 Å². The van der Waals surface area contributed by atoms with Crippen molar-refractivity contribution in [1.29, 1.82) is 0 Å². The zero-order valence-corrected chi connectivity index (χ0v) is 11.7. The predicted octanol–water partition coefficient (Wildman–Crippen LogP) is -0.241. The van der Waals surface area contributed by atoms with Crippen LogP contribution in [0.25, 0.3) is 0 Å². The third-order valence-corrected chi connectivity index (χ3v) is 4.61. The van der Waals surface area contributed by atoms with E-state index in [2.05, 4.69) is 9.62 Å². The molecular formula is C12H19N3O3S. The van der Waals surface area contributed by atoms with Gasteiger partial charge in [0.05, 0.1) is 17.6 Å². The van der Waals surface area contributed by atoms with E-state index in [-0.39, 0.29) is 11.0 Å². The van der Waals surface area contributed by atoms with Gasteiger partial charge in [0.2, 0.25) is 10.0 Å². The Balaban J connectivity index is 2.14. The van der Waals surface area contributed by atoms with Crippen molar-refractivity contribution >= 4 is 15.7 Å². The molecule has 0 bridgehead atoms. The van der Waals surface area contributed by atoms with Crippen LogP contribution in [0.4, 0.5) is 5.69 Å². The highest BCUT2D eigenvalue weighted by Crippen LogP contribution is 2.20. The van der Waals surface area contributed by atoms with Crippen LogP contribution in [-0.4, -0.2) is 47.8 Å². The van der Waals surface area contributed by atoms with Gasteiger partial charge in [-0.2, -0.15) is 0 Å². The molecule has 1 heterocycles. The number of hydrogen-bond acceptors (Lipinski definition) is 5. The van der Waals surface area contributed by atoms with Gasteiger partial charge in [-0.15, -0.1) is 0 Å². The Morgan fingerprint density at radius 2 is 2.11 bits per heavy atom. The van der Waals surface area contributed by atoms with Crippen molar-refractivity contribution in [2.24, 2.45) is 5.73 Å². The number of morpholine rings is 1. The first-order chi connectivity index (χ1) is 9.06. The Labute approximate surface area is 113 Å². The maximum Gasteiger partial charge on any atom is 0.240 e. The van der Waals surface area contributed by atoms with Gasteiger partial charge < -0.3 is 15.4 Å². The van der Waals surface area contributed by atoms with E-state index in [1.165, 1.54) is 7.05 Å². The van der Waals surface area contributed by atoms with Crippen molar-refractivity contribution in [3.63, 3.8) is 0 Å². The fraction of sp³-hybridized carbons (Fsp3) is 0.500. The molecular weight excluding hydrogens is 266 g/mol. The Bertz CT molecular complexity index is 516. The SMILES string of the molecule is CNS(=O)(=O)c1ccc(N2CCOC(CN)C2)cc1. The molecule has 1 atom stereocenters. The van der Waals surface area contributed by atoms with E-state index in [4.69, 9.17) is 10.5 Å². The van der Waals surface area contributed by atoms with Crippen LogP contribution in [0.1, 0.15) is 0 Å². The second kappa shape index (κ2) is 5.87. The summed E-state index contributed by atoms with van der Waals surface area (Å²) in [6.45, 7) is 2.64. The number of nitrogens with one attached hydrogen (secondary N) is 1. The molecule has 0 radical (unpaired) electrons. The first-order valence-electron chi connectivity index (χ1n) is 6.17. The minimum absolute atomic E-state index is 0.0365. The number of benzene rings is 1. The molecule has 1 unspecified atom stereocenters. The molecule has 1 aliphatic heterocycles. The van der Waals surface area contributed by atoms with Gasteiger partial charge in [-0.05, 0) is 31.3 Å². The molecule has 0 aliphatic carbocycles. The predicted molar refractivity (Wildman–Crippen MR) is 73.7 cm³/mol. The lowest BCUT2D eigenvalue weighted by atomic mass is 10.2. The van der Waals surface area contributed by atoms with Crippen LogP contribution >= 0.6 is 0 Å². The first kappa shape index (κ1) is 14.3. The molecule has 1 aromatic rings. The quantitative estimate of drug-likeness (QED) is 0.797. The van der Waals surface area contributed by atoms with Crippen molar-refractivity contribution in [3.05, 3.63) is 24.3 Å². The van der Waals surface area contributed by atoms with Crippen molar-refractivity contribution in [2.45, 2.75) is 11.0 Å². The van der Waals surface area contributed by atoms with E-state index in [9.17, 15) is 8.42 Å². The van der Waals surface area contributed by atoms with Crippen LogP contribution in [-0.2, 0) is 14.8 Å². The third kappa shape index (κ3) is 3.24. The van der Waals surface area contributed by atoms with Gasteiger partial charge >= 0.3 is 0 Å². The molecule has 2 rings (SSSR count). The topological polar surface area (TPSA) is 84.7 Å². The zero-order chi connectivity index (χ0) is 13.9. The van der Waals surface area contributed by atoms with Crippen molar-refractivity contribution in [1.82, 2.24) is 4.72 Å². The van der Waals surface area contributed by atoms with E-state index in [0.717, 1.165) is 18.8 Å². The fourth-order valence-corrected chi connectivity index (χ4v) is 2.78. The van der Waals surface area contributed by atoms with Crippen LogP contribution in [0.3, 0.4) is 0 Å². The third-order valence-electron chi connectivity index (χ3n) is 3.18. The van der Waals surface area contributed by atoms with Crippen LogP contribution < -0.4 is 15.4 Å². The summed E-state index contributed by atoms with van der Waals surface area (Å²) >= 11 is 0. The summed E-state index contributed by atoms with van der Waals surface area (Å²) in [4.78, 5) is 2.42. The van der Waals surface area contributed by atoms with Crippen molar-refractivity contribution in [3.8, 4) is 0 Å². The summed E-state index contributed by atoms with van der Waals surface area (Å²) in [6.07, 6.45) is 0.0365. The molecule has 106 valence electrons. The number of hydrogen-bond donors (Lipinski definition) is 2. The molecule has 0 amide bonds. The van der Waals surface area contributed by atoms with Crippen LogP contribution in [0.15, 0.2) is 29.2 Å². The first-order valence-corrected chi connectivity index (χ1v) is 7.65. The second-order valence-electron chi connectivity index (χ2n) is 4.38. The van der Waals surface area contributed by atoms with Crippen molar-refractivity contribution in [2.75, 3.05) is 38.2 Å². The van der Waals surface area contributed by atoms with Gasteiger partial charge in [-0.1, -0.05) is 0 Å². The van der Waals surface area contributed by atoms with E-state index in [1.807, 2.05) is 12.1 Å². The molecule has 1 aliphatic rings. The number of anilines is 1. The van der Waals surface area contributed by atoms with Crippen molar-refractivity contribution < 1.29 is 13.2 Å². The van der Waals surface area contributed by atoms with E-state index in [1.54, 1.807) is 12.1 Å². The normalized spacial score (nSPS) is 20.5. The highest BCUT2D eigenvalue weighted by atomic mass is 32.2. The molecule has 1 fully saturated rings. The monoisotopic (exact) mass is 285 g/mol. The largest absolute Gasteiger partial charge is 0.373 e. The van der Waals surface area contributed by atoms with Gasteiger partial charge in [0.25, 0.3) is 0 Å². The lowest BCUT2D eigenvalue weighted by Gasteiger charge is -2.34. The highest BCUT2D eigenvalue weighted by molar-refractivity contribution is 7.89. The number of sulfonamides is 1. The maximum atomic E-state index is 11.6. The molecule has 3 N–H and O–H groups in total. The molecule has 7 heteroatoms. The molecule has 19 heavy (non-hydrogen) atoms. The minimum atomic E-state index is -3.37. The minimum Gasteiger partial charge on any atom is -0.373 e. The fourth-order valence-electron chi connectivity index (χ4n) is 2.05. The number of rotatable bonds is 4. The Kier molecular flexibility index (Phi) is 4.41. The average molecular weight is 285 g/mol. The summed E-state index contributed by atoms with van der Waals surface area (Å²) in [6, 6.07) is 6.83. The lowest BCUT2D eigenvalue weighted by molar-refractivity contribution is 0.0466. The summed E-state index contributed by atoms with van der Waals surface area (Å²) in [5, 5.41) is 0. The number of nitrogens with two attached hydrogens (primary N) is 1. The summed E-state index contributed by atoms with van der Waals surface area (Å²) in [7, 11) is -1.97. The molecule has 1 saturated heterocycles. The maximum absolute atomic E-state index is 11.6. The Hall–Kier alpha value is -1.15. The molecule has 0 saturated carbocycles. The van der Waals surface area contributed by atoms with E-state index >= 15 is 0 Å². The summed E-state index contributed by atoms with van der Waals surface area (Å²) < 4.78 is 31.0. The van der Waals surface area contributed by atoms with Gasteiger partial charge in [-0.25, -0.2) is 13.1 Å². The average Bonchev–Trinajstić information content (AvgIpc) is 2.47. The van der Waals surface area contributed by atoms with Gasteiger partial charge in [0.1, 0.15) is 0 Å². The summed E-state index contributed by atoms with van der Waals surface area (Å²) in [5.74, 6) is 0. The second-order valence-corrected chi connectivity index (χ2v) is 6.26. The standard InChI is InChI=1S/C12H19N3O3S/c1-14-19(16,17)12-4-2-10(3-5-12)15-6-7-18-11(8-13)9-15/h2-5,11,14H,6-9,13H2,1H3. The summed E-state index contributed by atoms with van der Waals surface area (Å²) in [5.41, 5.74) is 6.59. The van der Waals surface area contributed by atoms with E-state index in [0.29, 0.717) is 13.2 Å². The molecule has 0 spiro atoms. The van der Waals surface area contributed by atoms with Gasteiger partial charge in [0, 0.05) is 25.3 Å². The molecule has 6 nitrogen and oxygen atoms in total. The number of ether oxygens (including phenoxy) is 1. The Morgan fingerprint density at radius 1 is 1.42 bits per heavy atom. The highest BCUT2D eigenvalue weighted by Gasteiger charge is 2.20. The molecule has 1 aromatic carbocycles. The Morgan fingerprint density at radius 3 is 2.68 bits per heavy atom. The lowest BCUT2D eigenvalue weighted by Crippen LogP contribution is -2.45. The van der Waals surface area contributed by atoms with Gasteiger partial charge in [0.15, 0.2) is 0 Å². The number of nitrogens with zero attached hydrogens (tertiary/aromatic N) is 1. The van der Waals surface area contributed by atoms with Crippen LogP contribution in [0.5, 0.6) is 0 Å². The zero-order valence-electron chi connectivity index (χ0n) is 10.9. The van der Waals surface area contributed by atoms with Gasteiger partial charge in [-0.3, -0.25) is 0 Å². The van der Waals surface area contributed by atoms with E-state index < -0.39 is 10.0 Å². The smallest absolute Gasteiger partial charge is 0.240 e. The van der Waals surface area contributed by atoms with Crippen LogP contribution in [0.2, 0.25) is 0 Å². The molecule has 0 aromatic heterocycles.